The number of thiophene rings is 1. The van der Waals surface area contributed by atoms with Crippen molar-refractivity contribution in [2.75, 3.05) is 26.2 Å². The molecule has 1 aliphatic rings. The highest BCUT2D eigenvalue weighted by atomic mass is 32.1. The summed E-state index contributed by atoms with van der Waals surface area (Å²) in [6, 6.07) is 3.32. The van der Waals surface area contributed by atoms with Gasteiger partial charge < -0.3 is 15.5 Å². The molecule has 1 aliphatic heterocycles. The molecular weight excluding hydrogens is 286 g/mol. The van der Waals surface area contributed by atoms with Crippen LogP contribution in [0.2, 0.25) is 0 Å². The quantitative estimate of drug-likeness (QED) is 0.897. The Morgan fingerprint density at radius 3 is 2.52 bits per heavy atom. The third-order valence-corrected chi connectivity index (χ3v) is 4.65. The number of carbonyl (C=O) groups is 2. The largest absolute Gasteiger partial charge is 0.338 e. The van der Waals surface area contributed by atoms with Crippen LogP contribution in [-0.2, 0) is 4.79 Å². The first-order valence-corrected chi connectivity index (χ1v) is 8.38. The Morgan fingerprint density at radius 2 is 1.95 bits per heavy atom. The average Bonchev–Trinajstić information content (AvgIpc) is 3.05. The SMILES string of the molecule is CCCCC(N)C(=O)N1CCN(C(=O)c2cccs2)CC1. The van der Waals surface area contributed by atoms with Crippen LogP contribution in [0, 0.1) is 0 Å². The molecule has 0 saturated carbocycles. The van der Waals surface area contributed by atoms with Crippen LogP contribution in [-0.4, -0.2) is 53.8 Å². The first-order valence-electron chi connectivity index (χ1n) is 7.50. The molecule has 21 heavy (non-hydrogen) atoms. The fourth-order valence-corrected chi connectivity index (χ4v) is 3.16. The lowest BCUT2D eigenvalue weighted by atomic mass is 10.1. The second kappa shape index (κ2) is 7.56. The van der Waals surface area contributed by atoms with Gasteiger partial charge in [0.2, 0.25) is 5.91 Å². The van der Waals surface area contributed by atoms with Crippen molar-refractivity contribution < 1.29 is 9.59 Å². The van der Waals surface area contributed by atoms with Crippen molar-refractivity contribution in [1.29, 1.82) is 0 Å². The molecule has 2 amide bonds. The summed E-state index contributed by atoms with van der Waals surface area (Å²) < 4.78 is 0. The van der Waals surface area contributed by atoms with E-state index in [2.05, 4.69) is 6.92 Å². The number of unbranched alkanes of at least 4 members (excludes halogenated alkanes) is 1. The number of nitrogens with zero attached hydrogens (tertiary/aromatic N) is 2. The van der Waals surface area contributed by atoms with Crippen molar-refractivity contribution in [2.24, 2.45) is 5.73 Å². The number of piperazine rings is 1. The van der Waals surface area contributed by atoms with E-state index in [4.69, 9.17) is 5.73 Å². The highest BCUT2D eigenvalue weighted by molar-refractivity contribution is 7.12. The Balaban J connectivity index is 1.83. The van der Waals surface area contributed by atoms with Gasteiger partial charge in [-0.15, -0.1) is 11.3 Å². The minimum absolute atomic E-state index is 0.0201. The summed E-state index contributed by atoms with van der Waals surface area (Å²) in [6.45, 7) is 4.42. The summed E-state index contributed by atoms with van der Waals surface area (Å²) in [7, 11) is 0. The van der Waals surface area contributed by atoms with Gasteiger partial charge in [0.05, 0.1) is 10.9 Å². The van der Waals surface area contributed by atoms with Gasteiger partial charge in [0.15, 0.2) is 0 Å². The Labute approximate surface area is 129 Å². The van der Waals surface area contributed by atoms with Gasteiger partial charge in [0.1, 0.15) is 0 Å². The molecule has 116 valence electrons. The van der Waals surface area contributed by atoms with E-state index in [-0.39, 0.29) is 11.8 Å². The number of rotatable bonds is 5. The molecule has 0 aromatic carbocycles. The van der Waals surface area contributed by atoms with Crippen LogP contribution in [0.15, 0.2) is 17.5 Å². The molecule has 5 nitrogen and oxygen atoms in total. The van der Waals surface area contributed by atoms with Crippen LogP contribution in [0.1, 0.15) is 35.9 Å². The standard InChI is InChI=1S/C15H23N3O2S/c1-2-3-5-12(16)14(19)17-7-9-18(10-8-17)15(20)13-6-4-11-21-13/h4,6,11-12H,2-3,5,7-10,16H2,1H3. The van der Waals surface area contributed by atoms with E-state index >= 15 is 0 Å². The van der Waals surface area contributed by atoms with Gasteiger partial charge in [0, 0.05) is 26.2 Å². The van der Waals surface area contributed by atoms with E-state index in [1.807, 2.05) is 22.4 Å². The topological polar surface area (TPSA) is 66.6 Å². The molecule has 1 aromatic heterocycles. The summed E-state index contributed by atoms with van der Waals surface area (Å²) in [5.41, 5.74) is 5.94. The molecule has 1 fully saturated rings. The minimum Gasteiger partial charge on any atom is -0.338 e. The molecule has 6 heteroatoms. The van der Waals surface area contributed by atoms with Gasteiger partial charge in [-0.05, 0) is 17.9 Å². The van der Waals surface area contributed by atoms with E-state index in [1.165, 1.54) is 11.3 Å². The van der Waals surface area contributed by atoms with Crippen molar-refractivity contribution in [3.8, 4) is 0 Å². The maximum Gasteiger partial charge on any atom is 0.264 e. The van der Waals surface area contributed by atoms with Gasteiger partial charge >= 0.3 is 0 Å². The van der Waals surface area contributed by atoms with Gasteiger partial charge in [-0.25, -0.2) is 0 Å². The summed E-state index contributed by atoms with van der Waals surface area (Å²) in [5.74, 6) is 0.0825. The third-order valence-electron chi connectivity index (χ3n) is 3.80. The first kappa shape index (κ1) is 16.0. The van der Waals surface area contributed by atoms with Crippen LogP contribution in [0.25, 0.3) is 0 Å². The smallest absolute Gasteiger partial charge is 0.264 e. The van der Waals surface area contributed by atoms with E-state index in [0.717, 1.165) is 24.1 Å². The van der Waals surface area contributed by atoms with Crippen LogP contribution in [0.5, 0.6) is 0 Å². The Kier molecular flexibility index (Phi) is 5.76. The number of hydrogen-bond donors (Lipinski definition) is 1. The van der Waals surface area contributed by atoms with E-state index < -0.39 is 6.04 Å². The van der Waals surface area contributed by atoms with E-state index in [0.29, 0.717) is 26.2 Å². The minimum atomic E-state index is -0.399. The van der Waals surface area contributed by atoms with Gasteiger partial charge in [0.25, 0.3) is 5.91 Å². The lowest BCUT2D eigenvalue weighted by Crippen LogP contribution is -2.54. The first-order chi connectivity index (χ1) is 10.1. The lowest BCUT2D eigenvalue weighted by molar-refractivity contribution is -0.134. The summed E-state index contributed by atoms with van der Waals surface area (Å²) in [5, 5.41) is 1.90. The molecule has 1 aromatic rings. The summed E-state index contributed by atoms with van der Waals surface area (Å²) >= 11 is 1.45. The molecule has 0 spiro atoms. The highest BCUT2D eigenvalue weighted by Gasteiger charge is 2.27. The molecule has 1 saturated heterocycles. The Hall–Kier alpha value is -1.40. The number of hydrogen-bond acceptors (Lipinski definition) is 4. The monoisotopic (exact) mass is 309 g/mol. The number of nitrogens with two attached hydrogens (primary N) is 1. The van der Waals surface area contributed by atoms with Gasteiger partial charge in [-0.2, -0.15) is 0 Å². The van der Waals surface area contributed by atoms with Crippen molar-refractivity contribution >= 4 is 23.2 Å². The van der Waals surface area contributed by atoms with Crippen molar-refractivity contribution in [3.63, 3.8) is 0 Å². The predicted octanol–water partition coefficient (Wildman–Crippen LogP) is 1.55. The van der Waals surface area contributed by atoms with Crippen LogP contribution in [0.3, 0.4) is 0 Å². The van der Waals surface area contributed by atoms with Gasteiger partial charge in [-0.1, -0.05) is 25.8 Å². The summed E-state index contributed by atoms with van der Waals surface area (Å²) in [6.07, 6.45) is 2.76. The molecule has 2 heterocycles. The fourth-order valence-electron chi connectivity index (χ4n) is 2.47. The third kappa shape index (κ3) is 4.04. The van der Waals surface area contributed by atoms with E-state index in [1.54, 1.807) is 4.90 Å². The molecule has 0 bridgehead atoms. The highest BCUT2D eigenvalue weighted by Crippen LogP contribution is 2.14. The zero-order valence-corrected chi connectivity index (χ0v) is 13.3. The maximum absolute atomic E-state index is 12.2. The van der Waals surface area contributed by atoms with Gasteiger partial charge in [-0.3, -0.25) is 9.59 Å². The second-order valence-electron chi connectivity index (χ2n) is 5.34. The maximum atomic E-state index is 12.2. The average molecular weight is 309 g/mol. The molecule has 1 atom stereocenters. The lowest BCUT2D eigenvalue weighted by Gasteiger charge is -2.35. The fraction of sp³-hybridized carbons (Fsp3) is 0.600. The molecule has 2 N–H and O–H groups in total. The molecule has 0 radical (unpaired) electrons. The molecular formula is C15H23N3O2S. The van der Waals surface area contributed by atoms with Crippen molar-refractivity contribution in [3.05, 3.63) is 22.4 Å². The van der Waals surface area contributed by atoms with Crippen molar-refractivity contribution in [2.45, 2.75) is 32.2 Å². The number of carbonyl (C=O) groups excluding carboxylic acids is 2. The van der Waals surface area contributed by atoms with Crippen LogP contribution < -0.4 is 5.73 Å². The second-order valence-corrected chi connectivity index (χ2v) is 6.29. The molecule has 2 rings (SSSR count). The number of amides is 2. The zero-order valence-electron chi connectivity index (χ0n) is 12.5. The Bertz CT molecular complexity index is 467. The predicted molar refractivity (Wildman–Crippen MR) is 84.3 cm³/mol. The van der Waals surface area contributed by atoms with Crippen LogP contribution >= 0.6 is 11.3 Å². The Morgan fingerprint density at radius 1 is 1.29 bits per heavy atom. The summed E-state index contributed by atoms with van der Waals surface area (Å²) in [4.78, 5) is 28.8. The van der Waals surface area contributed by atoms with Crippen LogP contribution in [0.4, 0.5) is 0 Å². The molecule has 1 unspecified atom stereocenters. The van der Waals surface area contributed by atoms with E-state index in [9.17, 15) is 9.59 Å². The van der Waals surface area contributed by atoms with Crippen molar-refractivity contribution in [1.82, 2.24) is 9.80 Å². The zero-order chi connectivity index (χ0) is 15.2. The normalized spacial score (nSPS) is 16.9. The molecule has 0 aliphatic carbocycles.